The number of anilines is 2. The van der Waals surface area contributed by atoms with Crippen molar-refractivity contribution < 1.29 is 4.79 Å². The summed E-state index contributed by atoms with van der Waals surface area (Å²) in [6, 6.07) is 14.3. The molecule has 5 nitrogen and oxygen atoms in total. The second-order valence-corrected chi connectivity index (χ2v) is 5.30. The lowest BCUT2D eigenvalue weighted by Gasteiger charge is -2.23. The number of carbonyl (C=O) groups is 1. The number of amides is 2. The fourth-order valence-electron chi connectivity index (χ4n) is 2.10. The van der Waals surface area contributed by atoms with Crippen molar-refractivity contribution >= 4 is 29.0 Å². The number of nitrogens with two attached hydrogens (primary N) is 1. The fourth-order valence-corrected chi connectivity index (χ4v) is 2.27. The van der Waals surface area contributed by atoms with E-state index in [1.165, 1.54) is 0 Å². The molecule has 1 atom stereocenters. The molecule has 0 aliphatic rings. The summed E-state index contributed by atoms with van der Waals surface area (Å²) < 4.78 is 0. The van der Waals surface area contributed by atoms with Gasteiger partial charge in [-0.3, -0.25) is 0 Å². The lowest BCUT2D eigenvalue weighted by molar-refractivity contribution is 0.243. The topological polar surface area (TPSA) is 70.4 Å². The van der Waals surface area contributed by atoms with E-state index in [-0.39, 0.29) is 6.04 Å². The van der Waals surface area contributed by atoms with Crippen LogP contribution in [0.25, 0.3) is 0 Å². The first-order valence-corrected chi connectivity index (χ1v) is 7.28. The van der Waals surface area contributed by atoms with E-state index in [0.717, 1.165) is 16.3 Å². The van der Waals surface area contributed by atoms with Gasteiger partial charge in [0.1, 0.15) is 0 Å². The molecule has 0 saturated heterocycles. The Labute approximate surface area is 135 Å². The van der Waals surface area contributed by atoms with E-state index in [2.05, 4.69) is 10.6 Å². The van der Waals surface area contributed by atoms with Crippen LogP contribution < -0.4 is 21.5 Å². The third-order valence-corrected chi connectivity index (χ3v) is 3.58. The fraction of sp³-hybridized carbons (Fsp3) is 0.188. The first-order chi connectivity index (χ1) is 10.5. The number of hydrogen-bond acceptors (Lipinski definition) is 3. The van der Waals surface area contributed by atoms with E-state index in [1.807, 2.05) is 37.3 Å². The van der Waals surface area contributed by atoms with Crippen molar-refractivity contribution in [1.82, 2.24) is 5.32 Å². The van der Waals surface area contributed by atoms with E-state index >= 15 is 0 Å². The summed E-state index contributed by atoms with van der Waals surface area (Å²) in [6.07, 6.45) is 0. The lowest BCUT2D eigenvalue weighted by Crippen LogP contribution is -2.45. The van der Waals surface area contributed by atoms with Crippen molar-refractivity contribution in [2.75, 3.05) is 17.4 Å². The van der Waals surface area contributed by atoms with Crippen molar-refractivity contribution in [1.29, 1.82) is 0 Å². The number of hydrogen-bond donors (Lipinski definition) is 3. The molecule has 22 heavy (non-hydrogen) atoms. The number of urea groups is 1. The number of benzene rings is 2. The van der Waals surface area contributed by atoms with Crippen LogP contribution >= 0.6 is 11.6 Å². The minimum Gasteiger partial charge on any atom is -0.386 e. The van der Waals surface area contributed by atoms with Crippen molar-refractivity contribution in [3.05, 3.63) is 59.1 Å². The Morgan fingerprint density at radius 1 is 1.23 bits per heavy atom. The highest BCUT2D eigenvalue weighted by atomic mass is 35.5. The predicted octanol–water partition coefficient (Wildman–Crippen LogP) is 3.53. The molecule has 0 radical (unpaired) electrons. The number of nitrogens with zero attached hydrogens (tertiary/aromatic N) is 1. The summed E-state index contributed by atoms with van der Waals surface area (Å²) in [4.78, 5) is 12.3. The van der Waals surface area contributed by atoms with Crippen LogP contribution in [0.15, 0.2) is 48.5 Å². The average Bonchev–Trinajstić information content (AvgIpc) is 2.54. The van der Waals surface area contributed by atoms with Gasteiger partial charge in [-0.25, -0.2) is 15.6 Å². The summed E-state index contributed by atoms with van der Waals surface area (Å²) in [5.74, 6) is 5.93. The lowest BCUT2D eigenvalue weighted by atomic mass is 10.1. The second kappa shape index (κ2) is 7.15. The van der Waals surface area contributed by atoms with Gasteiger partial charge < -0.3 is 10.6 Å². The Balaban J connectivity index is 2.14. The van der Waals surface area contributed by atoms with Crippen LogP contribution in [0.4, 0.5) is 16.2 Å². The minimum atomic E-state index is -0.407. The third kappa shape index (κ3) is 3.69. The second-order valence-electron chi connectivity index (χ2n) is 4.86. The van der Waals surface area contributed by atoms with E-state index in [4.69, 9.17) is 17.4 Å². The molecule has 2 rings (SSSR count). The van der Waals surface area contributed by atoms with Crippen LogP contribution in [0.2, 0.25) is 5.02 Å². The van der Waals surface area contributed by atoms with Gasteiger partial charge in [0.2, 0.25) is 0 Å². The molecule has 6 heteroatoms. The van der Waals surface area contributed by atoms with Gasteiger partial charge in [0.15, 0.2) is 0 Å². The summed E-state index contributed by atoms with van der Waals surface area (Å²) in [5.41, 5.74) is 2.23. The Kier molecular flexibility index (Phi) is 5.25. The van der Waals surface area contributed by atoms with Gasteiger partial charge in [0.25, 0.3) is 0 Å². The van der Waals surface area contributed by atoms with Gasteiger partial charge in [-0.15, -0.1) is 0 Å². The molecule has 0 aromatic heterocycles. The highest BCUT2D eigenvalue weighted by Gasteiger charge is 2.18. The summed E-state index contributed by atoms with van der Waals surface area (Å²) >= 11 is 5.98. The number of rotatable bonds is 4. The highest BCUT2D eigenvalue weighted by molar-refractivity contribution is 6.31. The van der Waals surface area contributed by atoms with Crippen LogP contribution in [-0.2, 0) is 0 Å². The number of halogens is 1. The van der Waals surface area contributed by atoms with E-state index in [9.17, 15) is 4.79 Å². The Bertz CT molecular complexity index is 648. The zero-order valence-electron chi connectivity index (χ0n) is 12.5. The molecule has 2 aromatic rings. The van der Waals surface area contributed by atoms with Gasteiger partial charge >= 0.3 is 6.03 Å². The normalized spacial score (nSPS) is 11.6. The molecule has 0 aliphatic heterocycles. The molecule has 116 valence electrons. The molecule has 0 heterocycles. The molecule has 4 N–H and O–H groups in total. The van der Waals surface area contributed by atoms with Crippen molar-refractivity contribution in [3.63, 3.8) is 0 Å². The average molecular weight is 319 g/mol. The Hall–Kier alpha value is -2.24. The van der Waals surface area contributed by atoms with E-state index in [1.54, 1.807) is 25.2 Å². The minimum absolute atomic E-state index is 0.156. The zero-order valence-corrected chi connectivity index (χ0v) is 13.3. The maximum atomic E-state index is 12.3. The first kappa shape index (κ1) is 16.1. The van der Waals surface area contributed by atoms with Crippen molar-refractivity contribution in [3.8, 4) is 0 Å². The molecular formula is C16H19ClN4O. The van der Waals surface area contributed by atoms with Crippen molar-refractivity contribution in [2.24, 2.45) is 5.84 Å². The third-order valence-electron chi connectivity index (χ3n) is 3.35. The van der Waals surface area contributed by atoms with Crippen LogP contribution in [-0.4, -0.2) is 13.1 Å². The quantitative estimate of drug-likeness (QED) is 0.459. The Morgan fingerprint density at radius 2 is 1.91 bits per heavy atom. The molecular weight excluding hydrogens is 300 g/mol. The molecule has 0 unspecified atom stereocenters. The largest absolute Gasteiger partial charge is 0.386 e. The predicted molar refractivity (Wildman–Crippen MR) is 91.1 cm³/mol. The number of hydrazine groups is 1. The molecule has 0 spiro atoms. The first-order valence-electron chi connectivity index (χ1n) is 6.90. The number of nitrogens with one attached hydrogen (secondary N) is 2. The van der Waals surface area contributed by atoms with Crippen LogP contribution in [0.3, 0.4) is 0 Å². The molecule has 2 aromatic carbocycles. The van der Waals surface area contributed by atoms with Crippen LogP contribution in [0.1, 0.15) is 18.5 Å². The van der Waals surface area contributed by atoms with Gasteiger partial charge in [-0.2, -0.15) is 0 Å². The molecule has 0 bridgehead atoms. The van der Waals surface area contributed by atoms with Crippen LogP contribution in [0.5, 0.6) is 0 Å². The SMILES string of the molecule is CNc1ccc(Cl)cc1N(N)C(=O)N[C@@H](C)c1ccccc1. The van der Waals surface area contributed by atoms with E-state index in [0.29, 0.717) is 10.7 Å². The molecule has 0 aliphatic carbocycles. The molecule has 0 saturated carbocycles. The number of carbonyl (C=O) groups excluding carboxylic acids is 1. The molecule has 2 amide bonds. The standard InChI is InChI=1S/C16H19ClN4O/c1-11(12-6-4-3-5-7-12)20-16(22)21(18)15-10-13(17)8-9-14(15)19-2/h3-11,19H,18H2,1-2H3,(H,20,22)/t11-/m0/s1. The van der Waals surface area contributed by atoms with Gasteiger partial charge in [-0.05, 0) is 30.7 Å². The smallest absolute Gasteiger partial charge is 0.336 e. The van der Waals surface area contributed by atoms with Crippen molar-refractivity contribution in [2.45, 2.75) is 13.0 Å². The van der Waals surface area contributed by atoms with Gasteiger partial charge in [0, 0.05) is 12.1 Å². The highest BCUT2D eigenvalue weighted by Crippen LogP contribution is 2.27. The monoisotopic (exact) mass is 318 g/mol. The van der Waals surface area contributed by atoms with E-state index < -0.39 is 6.03 Å². The zero-order chi connectivity index (χ0) is 16.1. The Morgan fingerprint density at radius 3 is 2.55 bits per heavy atom. The maximum absolute atomic E-state index is 12.3. The summed E-state index contributed by atoms with van der Waals surface area (Å²) in [6.45, 7) is 1.90. The van der Waals surface area contributed by atoms with Crippen LogP contribution in [0, 0.1) is 0 Å². The van der Waals surface area contributed by atoms with Gasteiger partial charge in [0.05, 0.1) is 17.4 Å². The maximum Gasteiger partial charge on any atom is 0.336 e. The summed E-state index contributed by atoms with van der Waals surface area (Å²) in [7, 11) is 1.76. The molecule has 0 fully saturated rings. The summed E-state index contributed by atoms with van der Waals surface area (Å²) in [5, 5.41) is 7.40. The van der Waals surface area contributed by atoms with Gasteiger partial charge in [-0.1, -0.05) is 41.9 Å².